The SMILES string of the molecule is CCNC(=O)C1CCc2sc(C(=O)N3CCCCC3)cc2C1. The fourth-order valence-corrected chi connectivity index (χ4v) is 4.60. The van der Waals surface area contributed by atoms with Crippen LogP contribution in [-0.2, 0) is 17.6 Å². The lowest BCUT2D eigenvalue weighted by Gasteiger charge is -2.26. The van der Waals surface area contributed by atoms with Gasteiger partial charge in [0.05, 0.1) is 4.88 Å². The molecular formula is C17H24N2O2S. The van der Waals surface area contributed by atoms with Crippen molar-refractivity contribution < 1.29 is 9.59 Å². The van der Waals surface area contributed by atoms with E-state index in [9.17, 15) is 9.59 Å². The van der Waals surface area contributed by atoms with Crippen LogP contribution in [0.1, 0.15) is 52.7 Å². The van der Waals surface area contributed by atoms with Gasteiger partial charge in [0.15, 0.2) is 0 Å². The van der Waals surface area contributed by atoms with E-state index in [2.05, 4.69) is 5.32 Å². The van der Waals surface area contributed by atoms with Gasteiger partial charge in [-0.25, -0.2) is 0 Å². The van der Waals surface area contributed by atoms with E-state index >= 15 is 0 Å². The molecule has 22 heavy (non-hydrogen) atoms. The number of thiophene rings is 1. The number of likely N-dealkylation sites (tertiary alicyclic amines) is 1. The zero-order valence-corrected chi connectivity index (χ0v) is 14.0. The monoisotopic (exact) mass is 320 g/mol. The molecule has 1 atom stereocenters. The van der Waals surface area contributed by atoms with E-state index in [-0.39, 0.29) is 17.7 Å². The smallest absolute Gasteiger partial charge is 0.263 e. The van der Waals surface area contributed by atoms with Gasteiger partial charge in [-0.05, 0) is 57.1 Å². The first kappa shape index (κ1) is 15.5. The fourth-order valence-electron chi connectivity index (χ4n) is 3.42. The van der Waals surface area contributed by atoms with Crippen LogP contribution in [0.15, 0.2) is 6.07 Å². The molecule has 2 amide bonds. The number of piperidine rings is 1. The summed E-state index contributed by atoms with van der Waals surface area (Å²) in [6.45, 7) is 4.42. The zero-order chi connectivity index (χ0) is 15.5. The Bertz CT molecular complexity index is 561. The average molecular weight is 320 g/mol. The van der Waals surface area contributed by atoms with Gasteiger partial charge < -0.3 is 10.2 Å². The summed E-state index contributed by atoms with van der Waals surface area (Å²) in [7, 11) is 0. The lowest BCUT2D eigenvalue weighted by Crippen LogP contribution is -2.35. The van der Waals surface area contributed by atoms with Gasteiger partial charge >= 0.3 is 0 Å². The van der Waals surface area contributed by atoms with Gasteiger partial charge in [-0.1, -0.05) is 0 Å². The molecule has 2 heterocycles. The second kappa shape index (κ2) is 6.82. The van der Waals surface area contributed by atoms with Crippen molar-refractivity contribution in [3.8, 4) is 0 Å². The van der Waals surface area contributed by atoms with Crippen LogP contribution in [0, 0.1) is 5.92 Å². The number of carbonyl (C=O) groups is 2. The molecule has 1 N–H and O–H groups in total. The quantitative estimate of drug-likeness (QED) is 0.931. The topological polar surface area (TPSA) is 49.4 Å². The number of nitrogens with one attached hydrogen (secondary N) is 1. The Morgan fingerprint density at radius 1 is 1.32 bits per heavy atom. The Balaban J connectivity index is 1.70. The third kappa shape index (κ3) is 3.19. The standard InChI is InChI=1S/C17H24N2O2S/c1-2-18-16(20)12-6-7-14-13(10-12)11-15(22-14)17(21)19-8-4-3-5-9-19/h11-12H,2-10H2,1H3,(H,18,20). The van der Waals surface area contributed by atoms with Crippen molar-refractivity contribution in [1.82, 2.24) is 10.2 Å². The number of nitrogens with zero attached hydrogens (tertiary/aromatic N) is 1. The third-order valence-corrected chi connectivity index (χ3v) is 5.88. The highest BCUT2D eigenvalue weighted by molar-refractivity contribution is 7.14. The van der Waals surface area contributed by atoms with Crippen molar-refractivity contribution in [2.45, 2.75) is 45.4 Å². The molecule has 2 aliphatic rings. The van der Waals surface area contributed by atoms with Gasteiger partial charge in [-0.3, -0.25) is 9.59 Å². The number of fused-ring (bicyclic) bond motifs is 1. The Morgan fingerprint density at radius 2 is 2.09 bits per heavy atom. The predicted molar refractivity (Wildman–Crippen MR) is 88.3 cm³/mol. The molecule has 1 fully saturated rings. The first-order valence-corrected chi connectivity index (χ1v) is 9.19. The van der Waals surface area contributed by atoms with Gasteiger partial charge in [0.2, 0.25) is 5.91 Å². The van der Waals surface area contributed by atoms with Crippen LogP contribution in [0.4, 0.5) is 0 Å². The normalized spacial score (nSPS) is 21.3. The van der Waals surface area contributed by atoms with E-state index in [1.807, 2.05) is 17.9 Å². The first-order chi connectivity index (χ1) is 10.7. The first-order valence-electron chi connectivity index (χ1n) is 8.37. The van der Waals surface area contributed by atoms with Crippen molar-refractivity contribution >= 4 is 23.2 Å². The molecule has 1 aromatic rings. The molecule has 5 heteroatoms. The summed E-state index contributed by atoms with van der Waals surface area (Å²) in [6.07, 6.45) is 6.09. The van der Waals surface area contributed by atoms with E-state index in [0.717, 1.165) is 50.1 Å². The number of carbonyl (C=O) groups excluding carboxylic acids is 2. The minimum Gasteiger partial charge on any atom is -0.356 e. The van der Waals surface area contributed by atoms with Crippen LogP contribution < -0.4 is 5.32 Å². The molecule has 0 aromatic carbocycles. The highest BCUT2D eigenvalue weighted by Gasteiger charge is 2.28. The van der Waals surface area contributed by atoms with Crippen molar-refractivity contribution in [2.24, 2.45) is 5.92 Å². The minimum atomic E-state index is 0.0694. The molecule has 1 aliphatic heterocycles. The third-order valence-electron chi connectivity index (χ3n) is 4.66. The summed E-state index contributed by atoms with van der Waals surface area (Å²) in [5.41, 5.74) is 1.22. The van der Waals surface area contributed by atoms with Gasteiger partial charge in [-0.2, -0.15) is 0 Å². The van der Waals surface area contributed by atoms with Crippen LogP contribution in [-0.4, -0.2) is 36.3 Å². The largest absolute Gasteiger partial charge is 0.356 e. The molecule has 120 valence electrons. The molecule has 0 saturated carbocycles. The van der Waals surface area contributed by atoms with E-state index in [1.54, 1.807) is 11.3 Å². The number of amides is 2. The Hall–Kier alpha value is -1.36. The minimum absolute atomic E-state index is 0.0694. The summed E-state index contributed by atoms with van der Waals surface area (Å²) < 4.78 is 0. The van der Waals surface area contributed by atoms with Gasteiger partial charge in [0.25, 0.3) is 5.91 Å². The number of hydrogen-bond donors (Lipinski definition) is 1. The molecule has 1 aliphatic carbocycles. The molecule has 0 bridgehead atoms. The zero-order valence-electron chi connectivity index (χ0n) is 13.2. The summed E-state index contributed by atoms with van der Waals surface area (Å²) in [4.78, 5) is 28.8. The summed E-state index contributed by atoms with van der Waals surface area (Å²) in [5.74, 6) is 0.414. The van der Waals surface area contributed by atoms with Gasteiger partial charge in [-0.15, -0.1) is 11.3 Å². The molecule has 4 nitrogen and oxygen atoms in total. The van der Waals surface area contributed by atoms with Gasteiger partial charge in [0.1, 0.15) is 0 Å². The molecule has 0 spiro atoms. The van der Waals surface area contributed by atoms with Crippen molar-refractivity contribution in [3.63, 3.8) is 0 Å². The molecule has 3 rings (SSSR count). The molecule has 1 aromatic heterocycles. The highest BCUT2D eigenvalue weighted by Crippen LogP contribution is 2.33. The Morgan fingerprint density at radius 3 is 2.82 bits per heavy atom. The maximum absolute atomic E-state index is 12.6. The lowest BCUT2D eigenvalue weighted by molar-refractivity contribution is -0.125. The maximum Gasteiger partial charge on any atom is 0.263 e. The van der Waals surface area contributed by atoms with E-state index in [4.69, 9.17) is 0 Å². The lowest BCUT2D eigenvalue weighted by atomic mass is 9.88. The van der Waals surface area contributed by atoms with Crippen molar-refractivity contribution in [1.29, 1.82) is 0 Å². The second-order valence-electron chi connectivity index (χ2n) is 6.25. The van der Waals surface area contributed by atoms with Crippen molar-refractivity contribution in [3.05, 3.63) is 21.4 Å². The molecule has 1 unspecified atom stereocenters. The van der Waals surface area contributed by atoms with Crippen LogP contribution in [0.5, 0.6) is 0 Å². The van der Waals surface area contributed by atoms with Crippen LogP contribution >= 0.6 is 11.3 Å². The van der Waals surface area contributed by atoms with E-state index < -0.39 is 0 Å². The van der Waals surface area contributed by atoms with Crippen LogP contribution in [0.25, 0.3) is 0 Å². The predicted octanol–water partition coefficient (Wildman–Crippen LogP) is 2.62. The maximum atomic E-state index is 12.6. The molecular weight excluding hydrogens is 296 g/mol. The van der Waals surface area contributed by atoms with E-state index in [0.29, 0.717) is 6.54 Å². The Kier molecular flexibility index (Phi) is 4.81. The van der Waals surface area contributed by atoms with Crippen LogP contribution in [0.3, 0.4) is 0 Å². The molecule has 1 saturated heterocycles. The summed E-state index contributed by atoms with van der Waals surface area (Å²) in [6, 6.07) is 2.04. The van der Waals surface area contributed by atoms with Crippen molar-refractivity contribution in [2.75, 3.05) is 19.6 Å². The van der Waals surface area contributed by atoms with Crippen LogP contribution in [0.2, 0.25) is 0 Å². The van der Waals surface area contributed by atoms with Gasteiger partial charge in [0, 0.05) is 30.4 Å². The second-order valence-corrected chi connectivity index (χ2v) is 7.38. The molecule has 0 radical (unpaired) electrons. The highest BCUT2D eigenvalue weighted by atomic mass is 32.1. The summed E-state index contributed by atoms with van der Waals surface area (Å²) in [5, 5.41) is 2.92. The number of aryl methyl sites for hydroxylation is 1. The number of hydrogen-bond acceptors (Lipinski definition) is 3. The van der Waals surface area contributed by atoms with E-state index in [1.165, 1.54) is 16.9 Å². The fraction of sp³-hybridized carbons (Fsp3) is 0.647. The average Bonchev–Trinajstić information content (AvgIpc) is 2.98. The number of rotatable bonds is 3. The Labute approximate surface area is 135 Å². The summed E-state index contributed by atoms with van der Waals surface area (Å²) >= 11 is 1.64.